The molecule has 0 saturated carbocycles. The molecule has 0 fully saturated rings. The largest absolute Gasteiger partial charge is 0.360 e. The molecule has 118 valence electrons. The smallest absolute Gasteiger partial charge is 0.152 e. The molecule has 2 heterocycles. The first-order chi connectivity index (χ1) is 11.6. The third-order valence-electron chi connectivity index (χ3n) is 3.57. The van der Waals surface area contributed by atoms with Crippen molar-refractivity contribution < 1.29 is 4.79 Å². The summed E-state index contributed by atoms with van der Waals surface area (Å²) in [4.78, 5) is 16.6. The summed E-state index contributed by atoms with van der Waals surface area (Å²) in [5.41, 5.74) is 3.36. The van der Waals surface area contributed by atoms with E-state index in [1.165, 1.54) is 0 Å². The van der Waals surface area contributed by atoms with Crippen molar-refractivity contribution in [1.29, 1.82) is 5.26 Å². The number of rotatable bonds is 1. The van der Waals surface area contributed by atoms with E-state index < -0.39 is 0 Å². The molecular weight excluding hydrogens is 434 g/mol. The van der Waals surface area contributed by atoms with Gasteiger partial charge in [0.05, 0.1) is 5.56 Å². The van der Waals surface area contributed by atoms with Crippen LogP contribution in [-0.2, 0) is 0 Å². The van der Waals surface area contributed by atoms with Gasteiger partial charge in [-0.2, -0.15) is 5.26 Å². The molecule has 0 amide bonds. The van der Waals surface area contributed by atoms with Crippen molar-refractivity contribution in [1.82, 2.24) is 9.97 Å². The molecule has 0 atom stereocenters. The van der Waals surface area contributed by atoms with E-state index in [4.69, 9.17) is 5.26 Å². The molecule has 0 aliphatic heterocycles. The van der Waals surface area contributed by atoms with Gasteiger partial charge in [0.1, 0.15) is 6.07 Å². The van der Waals surface area contributed by atoms with Crippen LogP contribution in [0.25, 0.3) is 21.8 Å². The van der Waals surface area contributed by atoms with Crippen LogP contribution < -0.4 is 0 Å². The number of carbonyl (C=O) groups is 1. The first kappa shape index (κ1) is 16.5. The van der Waals surface area contributed by atoms with Crippen molar-refractivity contribution in [3.8, 4) is 6.07 Å². The minimum atomic E-state index is 0.692. The lowest BCUT2D eigenvalue weighted by Gasteiger charge is -1.90. The van der Waals surface area contributed by atoms with Crippen LogP contribution in [0.5, 0.6) is 0 Å². The van der Waals surface area contributed by atoms with Crippen LogP contribution in [0.1, 0.15) is 15.9 Å². The number of carbonyl (C=O) groups excluding carboxylic acids is 1. The average molecular weight is 445 g/mol. The predicted molar refractivity (Wildman–Crippen MR) is 102 cm³/mol. The quantitative estimate of drug-likeness (QED) is 0.378. The number of hydrogen-bond acceptors (Lipinski definition) is 2. The third kappa shape index (κ3) is 3.28. The van der Waals surface area contributed by atoms with E-state index in [1.54, 1.807) is 12.4 Å². The number of nitrogens with zero attached hydrogens (tertiary/aromatic N) is 1. The van der Waals surface area contributed by atoms with Crippen LogP contribution >= 0.6 is 31.9 Å². The molecule has 6 heteroatoms. The highest BCUT2D eigenvalue weighted by Crippen LogP contribution is 2.22. The minimum Gasteiger partial charge on any atom is -0.360 e. The van der Waals surface area contributed by atoms with Crippen LogP contribution in [0, 0.1) is 11.3 Å². The van der Waals surface area contributed by atoms with E-state index in [1.807, 2.05) is 36.4 Å². The Morgan fingerprint density at radius 3 is 2.12 bits per heavy atom. The Hall–Kier alpha value is -2.36. The highest BCUT2D eigenvalue weighted by Gasteiger charge is 2.02. The lowest BCUT2D eigenvalue weighted by atomic mass is 10.2. The summed E-state index contributed by atoms with van der Waals surface area (Å²) in [6, 6.07) is 13.7. The van der Waals surface area contributed by atoms with Gasteiger partial charge in [-0.1, -0.05) is 44.0 Å². The first-order valence-corrected chi connectivity index (χ1v) is 8.59. The maximum Gasteiger partial charge on any atom is 0.152 e. The number of halogens is 2. The van der Waals surface area contributed by atoms with Gasteiger partial charge >= 0.3 is 0 Å². The van der Waals surface area contributed by atoms with E-state index >= 15 is 0 Å². The Labute approximate surface area is 154 Å². The second kappa shape index (κ2) is 7.04. The average Bonchev–Trinajstić information content (AvgIpc) is 3.17. The molecule has 4 rings (SSSR count). The number of nitriles is 1. The number of hydrogen-bond donors (Lipinski definition) is 2. The van der Waals surface area contributed by atoms with Crippen LogP contribution in [0.15, 0.2) is 57.7 Å². The predicted octanol–water partition coefficient (Wildman–Crippen LogP) is 5.54. The minimum absolute atomic E-state index is 0.692. The number of aldehydes is 1. The fourth-order valence-corrected chi connectivity index (χ4v) is 3.13. The fourth-order valence-electron chi connectivity index (χ4n) is 2.41. The fraction of sp³-hybridized carbons (Fsp3) is 0. The molecule has 0 unspecified atom stereocenters. The zero-order valence-electron chi connectivity index (χ0n) is 12.3. The Morgan fingerprint density at radius 2 is 1.50 bits per heavy atom. The molecule has 2 N–H and O–H groups in total. The van der Waals surface area contributed by atoms with Gasteiger partial charge in [-0.25, -0.2) is 0 Å². The van der Waals surface area contributed by atoms with Gasteiger partial charge in [-0.15, -0.1) is 0 Å². The Balaban J connectivity index is 0.000000141. The van der Waals surface area contributed by atoms with E-state index in [-0.39, 0.29) is 0 Å². The van der Waals surface area contributed by atoms with E-state index in [0.717, 1.165) is 37.0 Å². The van der Waals surface area contributed by atoms with Crippen molar-refractivity contribution in [3.63, 3.8) is 0 Å². The molecule has 4 aromatic rings. The summed E-state index contributed by atoms with van der Waals surface area (Å²) in [6.45, 7) is 0. The lowest BCUT2D eigenvalue weighted by Crippen LogP contribution is -1.73. The zero-order valence-corrected chi connectivity index (χ0v) is 15.5. The SMILES string of the molecule is N#Cc1c[nH]c2cc(Br)ccc12.O=Cc1c[nH]c2cc(Br)ccc12. The van der Waals surface area contributed by atoms with Crippen LogP contribution in [0.2, 0.25) is 0 Å². The summed E-state index contributed by atoms with van der Waals surface area (Å²) >= 11 is 6.72. The molecule has 2 aromatic carbocycles. The second-order valence-corrected chi connectivity index (χ2v) is 6.89. The van der Waals surface area contributed by atoms with Gasteiger partial charge in [0.2, 0.25) is 0 Å². The van der Waals surface area contributed by atoms with Crippen LogP contribution in [-0.4, -0.2) is 16.3 Å². The van der Waals surface area contributed by atoms with E-state index in [0.29, 0.717) is 11.1 Å². The van der Waals surface area contributed by atoms with Crippen molar-refractivity contribution in [2.45, 2.75) is 0 Å². The van der Waals surface area contributed by atoms with E-state index in [9.17, 15) is 4.79 Å². The van der Waals surface area contributed by atoms with Gasteiger partial charge in [-0.05, 0) is 24.3 Å². The van der Waals surface area contributed by atoms with Gasteiger partial charge in [0, 0.05) is 48.7 Å². The van der Waals surface area contributed by atoms with Crippen molar-refractivity contribution in [3.05, 3.63) is 68.9 Å². The number of fused-ring (bicyclic) bond motifs is 2. The Kier molecular flexibility index (Phi) is 4.84. The first-order valence-electron chi connectivity index (χ1n) is 7.01. The highest BCUT2D eigenvalue weighted by molar-refractivity contribution is 9.10. The molecule has 2 aromatic heterocycles. The summed E-state index contributed by atoms with van der Waals surface area (Å²) in [6.07, 6.45) is 4.29. The van der Waals surface area contributed by atoms with Crippen LogP contribution in [0.4, 0.5) is 0 Å². The number of benzene rings is 2. The molecule has 0 saturated heterocycles. The summed E-state index contributed by atoms with van der Waals surface area (Å²) < 4.78 is 2.02. The maximum atomic E-state index is 10.5. The Morgan fingerprint density at radius 1 is 0.917 bits per heavy atom. The topological polar surface area (TPSA) is 72.4 Å². The number of aromatic nitrogens is 2. The summed E-state index contributed by atoms with van der Waals surface area (Å²) in [5.74, 6) is 0. The summed E-state index contributed by atoms with van der Waals surface area (Å²) in [5, 5.41) is 10.7. The third-order valence-corrected chi connectivity index (χ3v) is 4.55. The normalized spacial score (nSPS) is 10.2. The molecule has 0 aliphatic rings. The van der Waals surface area contributed by atoms with Gasteiger partial charge < -0.3 is 9.97 Å². The Bertz CT molecular complexity index is 1070. The van der Waals surface area contributed by atoms with Gasteiger partial charge in [0.25, 0.3) is 0 Å². The molecule has 0 bridgehead atoms. The molecule has 0 spiro atoms. The van der Waals surface area contributed by atoms with Crippen molar-refractivity contribution in [2.24, 2.45) is 0 Å². The lowest BCUT2D eigenvalue weighted by molar-refractivity contribution is 0.112. The number of aromatic amines is 2. The molecule has 0 radical (unpaired) electrons. The molecular formula is C18H11Br2N3O. The van der Waals surface area contributed by atoms with E-state index in [2.05, 4.69) is 47.9 Å². The number of H-pyrrole nitrogens is 2. The molecule has 4 nitrogen and oxygen atoms in total. The summed E-state index contributed by atoms with van der Waals surface area (Å²) in [7, 11) is 0. The molecule has 0 aliphatic carbocycles. The van der Waals surface area contributed by atoms with Crippen molar-refractivity contribution >= 4 is 60.0 Å². The highest BCUT2D eigenvalue weighted by atomic mass is 79.9. The number of nitrogens with one attached hydrogen (secondary N) is 2. The van der Waals surface area contributed by atoms with Crippen LogP contribution in [0.3, 0.4) is 0 Å². The zero-order chi connectivity index (χ0) is 17.1. The molecule has 24 heavy (non-hydrogen) atoms. The van der Waals surface area contributed by atoms with Crippen molar-refractivity contribution in [2.75, 3.05) is 0 Å². The standard InChI is InChI=1S/C9H5BrN2.C9H6BrNO/c10-7-1-2-8-6(4-11)5-12-9(8)3-7;10-7-1-2-8-6(5-12)4-11-9(8)3-7/h1-3,5,12H;1-5,11H. The van der Waals surface area contributed by atoms with Gasteiger partial charge in [0.15, 0.2) is 6.29 Å². The second-order valence-electron chi connectivity index (χ2n) is 5.06. The monoisotopic (exact) mass is 443 g/mol. The maximum absolute atomic E-state index is 10.5. The van der Waals surface area contributed by atoms with Gasteiger partial charge in [-0.3, -0.25) is 4.79 Å².